The van der Waals surface area contributed by atoms with E-state index in [9.17, 15) is 14.4 Å². The van der Waals surface area contributed by atoms with E-state index in [1.165, 1.54) is 0 Å². The number of hydrogen-bond donors (Lipinski definition) is 0. The predicted octanol–water partition coefficient (Wildman–Crippen LogP) is 2.79. The van der Waals surface area contributed by atoms with Crippen LogP contribution in [0, 0.1) is 5.92 Å². The molecule has 0 N–H and O–H groups in total. The molecule has 2 aliphatic heterocycles. The zero-order valence-electron chi connectivity index (χ0n) is 15.4. The van der Waals surface area contributed by atoms with E-state index in [-0.39, 0.29) is 12.5 Å². The van der Waals surface area contributed by atoms with Crippen molar-refractivity contribution in [1.29, 1.82) is 0 Å². The minimum atomic E-state index is -0.695. The minimum Gasteiger partial charge on any atom is -0.367 e. The second-order valence-corrected chi connectivity index (χ2v) is 7.69. The second kappa shape index (κ2) is 8.00. The van der Waals surface area contributed by atoms with Crippen LogP contribution >= 0.6 is 23.2 Å². The Labute approximate surface area is 177 Å². The lowest BCUT2D eigenvalue weighted by Crippen LogP contribution is -2.54. The van der Waals surface area contributed by atoms with Crippen LogP contribution in [0.1, 0.15) is 0 Å². The maximum absolute atomic E-state index is 12.7. The van der Waals surface area contributed by atoms with E-state index in [4.69, 9.17) is 23.2 Å². The summed E-state index contributed by atoms with van der Waals surface area (Å²) in [4.78, 5) is 46.2. The van der Waals surface area contributed by atoms with Gasteiger partial charge in [0.1, 0.15) is 6.54 Å². The molecular formula is C20H18Cl2N4O3. The van der Waals surface area contributed by atoms with Crippen molar-refractivity contribution >= 4 is 52.4 Å². The van der Waals surface area contributed by atoms with Crippen molar-refractivity contribution in [3.8, 4) is 0 Å². The van der Waals surface area contributed by atoms with Gasteiger partial charge in [-0.1, -0.05) is 47.5 Å². The van der Waals surface area contributed by atoms with Crippen LogP contribution in [0.5, 0.6) is 0 Å². The zero-order valence-corrected chi connectivity index (χ0v) is 16.9. The lowest BCUT2D eigenvalue weighted by molar-refractivity contribution is -0.138. The first-order chi connectivity index (χ1) is 14.0. The third kappa shape index (κ3) is 3.80. The van der Waals surface area contributed by atoms with E-state index in [0.29, 0.717) is 41.9 Å². The van der Waals surface area contributed by atoms with E-state index in [2.05, 4.69) is 9.89 Å². The SMILES string of the molecule is O=C(CN1C(=O)N=C2C=CC=CC2C1=O)N1CCN(c2cccc(Cl)c2Cl)CC1. The van der Waals surface area contributed by atoms with Gasteiger partial charge in [0.05, 0.1) is 27.4 Å². The summed E-state index contributed by atoms with van der Waals surface area (Å²) in [5.41, 5.74) is 1.24. The molecule has 3 aliphatic rings. The highest BCUT2D eigenvalue weighted by Crippen LogP contribution is 2.33. The van der Waals surface area contributed by atoms with Gasteiger partial charge in [-0.05, 0) is 18.2 Å². The van der Waals surface area contributed by atoms with Crippen LogP contribution in [0.25, 0.3) is 0 Å². The molecule has 1 fully saturated rings. The summed E-state index contributed by atoms with van der Waals surface area (Å²) in [6, 6.07) is 4.75. The number of amides is 4. The maximum Gasteiger partial charge on any atom is 0.351 e. The number of halogens is 2. The van der Waals surface area contributed by atoms with Crippen LogP contribution in [0.3, 0.4) is 0 Å². The lowest BCUT2D eigenvalue weighted by atomic mass is 9.95. The zero-order chi connectivity index (χ0) is 20.5. The van der Waals surface area contributed by atoms with E-state index in [1.54, 1.807) is 35.3 Å². The van der Waals surface area contributed by atoms with Crippen molar-refractivity contribution in [3.05, 3.63) is 52.5 Å². The number of fused-ring (bicyclic) bond motifs is 1. The quantitative estimate of drug-likeness (QED) is 0.735. The van der Waals surface area contributed by atoms with Gasteiger partial charge in [-0.15, -0.1) is 0 Å². The van der Waals surface area contributed by atoms with E-state index in [0.717, 1.165) is 10.6 Å². The Morgan fingerprint density at radius 3 is 2.62 bits per heavy atom. The molecule has 4 rings (SSSR count). The molecule has 29 heavy (non-hydrogen) atoms. The van der Waals surface area contributed by atoms with Crippen LogP contribution in [0.4, 0.5) is 10.5 Å². The van der Waals surface area contributed by atoms with Gasteiger partial charge in [0.2, 0.25) is 11.8 Å². The van der Waals surface area contributed by atoms with Gasteiger partial charge < -0.3 is 9.80 Å². The number of piperazine rings is 1. The molecule has 0 saturated carbocycles. The van der Waals surface area contributed by atoms with Crippen molar-refractivity contribution in [2.45, 2.75) is 0 Å². The summed E-state index contributed by atoms with van der Waals surface area (Å²) < 4.78 is 0. The molecule has 7 nitrogen and oxygen atoms in total. The number of anilines is 1. The van der Waals surface area contributed by atoms with Gasteiger partial charge >= 0.3 is 6.03 Å². The molecule has 0 aromatic heterocycles. The van der Waals surface area contributed by atoms with Crippen molar-refractivity contribution in [3.63, 3.8) is 0 Å². The summed E-state index contributed by atoms with van der Waals surface area (Å²) in [5, 5.41) is 0.970. The average molecular weight is 433 g/mol. The number of hydrogen-bond acceptors (Lipinski definition) is 4. The highest BCUT2D eigenvalue weighted by atomic mass is 35.5. The molecule has 1 unspecified atom stereocenters. The number of carbonyl (C=O) groups excluding carboxylic acids is 3. The first-order valence-corrected chi connectivity index (χ1v) is 9.97. The largest absolute Gasteiger partial charge is 0.367 e. The molecule has 4 amide bonds. The van der Waals surface area contributed by atoms with Crippen LogP contribution in [-0.2, 0) is 9.59 Å². The molecule has 1 saturated heterocycles. The third-order valence-electron chi connectivity index (χ3n) is 5.19. The molecule has 0 bridgehead atoms. The fraction of sp³-hybridized carbons (Fsp3) is 0.300. The Balaban J connectivity index is 1.39. The number of aliphatic imine (C=N–C) groups is 1. The van der Waals surface area contributed by atoms with Crippen molar-refractivity contribution in [2.75, 3.05) is 37.6 Å². The van der Waals surface area contributed by atoms with Gasteiger partial charge in [0, 0.05) is 26.2 Å². The summed E-state index contributed by atoms with van der Waals surface area (Å²) in [6.07, 6.45) is 6.78. The normalized spacial score (nSPS) is 21.4. The van der Waals surface area contributed by atoms with E-state index >= 15 is 0 Å². The standard InChI is InChI=1S/C20H18Cl2N4O3/c21-14-5-3-7-16(18(14)22)24-8-10-25(11-9-24)17(27)12-26-19(28)13-4-1-2-6-15(13)23-20(26)29/h1-7,13H,8-12H2. The molecule has 1 aromatic carbocycles. The molecule has 150 valence electrons. The van der Waals surface area contributed by atoms with Crippen LogP contribution in [-0.4, -0.2) is 66.1 Å². The summed E-state index contributed by atoms with van der Waals surface area (Å²) in [6.45, 7) is 1.76. The number of urea groups is 1. The highest BCUT2D eigenvalue weighted by Gasteiger charge is 2.37. The molecule has 0 spiro atoms. The Kier molecular flexibility index (Phi) is 5.43. The maximum atomic E-state index is 12.7. The molecule has 1 atom stereocenters. The number of nitrogens with zero attached hydrogens (tertiary/aromatic N) is 4. The monoisotopic (exact) mass is 432 g/mol. The first kappa shape index (κ1) is 19.7. The number of imide groups is 1. The van der Waals surface area contributed by atoms with Crippen LogP contribution in [0.15, 0.2) is 47.5 Å². The van der Waals surface area contributed by atoms with Gasteiger partial charge in [0.25, 0.3) is 0 Å². The second-order valence-electron chi connectivity index (χ2n) is 6.91. The molecule has 1 aliphatic carbocycles. The van der Waals surface area contributed by atoms with Crippen molar-refractivity contribution in [1.82, 2.24) is 9.80 Å². The van der Waals surface area contributed by atoms with Gasteiger partial charge in [-0.2, -0.15) is 4.99 Å². The summed E-state index contributed by atoms with van der Waals surface area (Å²) in [7, 11) is 0. The highest BCUT2D eigenvalue weighted by molar-refractivity contribution is 6.43. The number of allylic oxidation sites excluding steroid dienone is 3. The Bertz CT molecular complexity index is 964. The van der Waals surface area contributed by atoms with Crippen molar-refractivity contribution < 1.29 is 14.4 Å². The average Bonchev–Trinajstić information content (AvgIpc) is 2.73. The number of carbonyl (C=O) groups is 3. The minimum absolute atomic E-state index is 0.280. The summed E-state index contributed by atoms with van der Waals surface area (Å²) >= 11 is 12.4. The lowest BCUT2D eigenvalue weighted by Gasteiger charge is -2.37. The first-order valence-electron chi connectivity index (χ1n) is 9.21. The number of rotatable bonds is 3. The topological polar surface area (TPSA) is 73.3 Å². The van der Waals surface area contributed by atoms with Gasteiger partial charge in [-0.3, -0.25) is 14.5 Å². The van der Waals surface area contributed by atoms with Crippen LogP contribution < -0.4 is 4.90 Å². The Morgan fingerprint density at radius 2 is 1.86 bits per heavy atom. The molecular weight excluding hydrogens is 415 g/mol. The fourth-order valence-corrected chi connectivity index (χ4v) is 4.01. The Hall–Kier alpha value is -2.64. The summed E-state index contributed by atoms with van der Waals surface area (Å²) in [5.74, 6) is -1.30. The Morgan fingerprint density at radius 1 is 1.10 bits per heavy atom. The predicted molar refractivity (Wildman–Crippen MR) is 112 cm³/mol. The van der Waals surface area contributed by atoms with E-state index in [1.807, 2.05) is 12.1 Å². The third-order valence-corrected chi connectivity index (χ3v) is 5.99. The fourth-order valence-electron chi connectivity index (χ4n) is 3.59. The van der Waals surface area contributed by atoms with Crippen molar-refractivity contribution in [2.24, 2.45) is 10.9 Å². The molecule has 1 aromatic rings. The molecule has 0 radical (unpaired) electrons. The van der Waals surface area contributed by atoms with E-state index < -0.39 is 17.9 Å². The molecule has 9 heteroatoms. The van der Waals surface area contributed by atoms with Crippen LogP contribution in [0.2, 0.25) is 10.0 Å². The van der Waals surface area contributed by atoms with Gasteiger partial charge in [-0.25, -0.2) is 4.79 Å². The number of benzene rings is 1. The molecule has 2 heterocycles. The van der Waals surface area contributed by atoms with Gasteiger partial charge in [0.15, 0.2) is 0 Å². The smallest absolute Gasteiger partial charge is 0.351 e.